The first-order valence-electron chi connectivity index (χ1n) is 10.8. The van der Waals surface area contributed by atoms with Gasteiger partial charge in [0.2, 0.25) is 0 Å². The molecular formula is C22H20F5N7O2S. The number of benzene rings is 1. The molecule has 196 valence electrons. The normalized spacial score (nSPS) is 13.5. The quantitative estimate of drug-likeness (QED) is 0.293. The van der Waals surface area contributed by atoms with Gasteiger partial charge in [-0.15, -0.1) is 0 Å². The summed E-state index contributed by atoms with van der Waals surface area (Å²) >= 11 is 0. The maximum absolute atomic E-state index is 14.4. The molecule has 1 aromatic carbocycles. The summed E-state index contributed by atoms with van der Waals surface area (Å²) in [7, 11) is -1.51. The highest BCUT2D eigenvalue weighted by Gasteiger charge is 2.40. The molecule has 2 atom stereocenters. The van der Waals surface area contributed by atoms with Crippen LogP contribution in [0.1, 0.15) is 12.0 Å². The molecule has 9 nitrogen and oxygen atoms in total. The Kier molecular flexibility index (Phi) is 7.92. The maximum atomic E-state index is 14.4. The van der Waals surface area contributed by atoms with E-state index >= 15 is 0 Å². The van der Waals surface area contributed by atoms with E-state index in [1.165, 1.54) is 29.3 Å². The SMILES string of the molecule is CS(=O)NCCC(Nc1nc(-c2cc(-c3ccon3)n(Cc3ccccc3F)n2)ncc1F)C(F)(F)F. The van der Waals surface area contributed by atoms with E-state index in [4.69, 9.17) is 4.52 Å². The average molecular weight is 542 g/mol. The van der Waals surface area contributed by atoms with Gasteiger partial charge in [0.25, 0.3) is 0 Å². The Bertz CT molecular complexity index is 1380. The van der Waals surface area contributed by atoms with Gasteiger partial charge in [0.15, 0.2) is 17.5 Å². The van der Waals surface area contributed by atoms with Gasteiger partial charge in [-0.05, 0) is 18.6 Å². The predicted octanol–water partition coefficient (Wildman–Crippen LogP) is 3.94. The number of hydrogen-bond acceptors (Lipinski definition) is 7. The van der Waals surface area contributed by atoms with E-state index in [0.717, 1.165) is 6.20 Å². The fraction of sp³-hybridized carbons (Fsp3) is 0.273. The molecule has 0 bridgehead atoms. The smallest absolute Gasteiger partial charge is 0.364 e. The van der Waals surface area contributed by atoms with Crippen LogP contribution in [0.15, 0.2) is 53.4 Å². The molecule has 0 spiro atoms. The zero-order chi connectivity index (χ0) is 26.6. The summed E-state index contributed by atoms with van der Waals surface area (Å²) in [6, 6.07) is 6.91. The summed E-state index contributed by atoms with van der Waals surface area (Å²) in [6.45, 7) is -0.246. The molecule has 4 rings (SSSR count). The monoisotopic (exact) mass is 541 g/mol. The third-order valence-corrected chi connectivity index (χ3v) is 5.79. The molecule has 0 amide bonds. The first-order chi connectivity index (χ1) is 17.6. The Morgan fingerprint density at radius 2 is 1.92 bits per heavy atom. The Hall–Kier alpha value is -3.72. The molecule has 0 aliphatic rings. The second-order valence-electron chi connectivity index (χ2n) is 7.81. The van der Waals surface area contributed by atoms with Crippen LogP contribution < -0.4 is 10.0 Å². The third kappa shape index (κ3) is 6.54. The molecule has 0 fully saturated rings. The molecule has 2 N–H and O–H groups in total. The maximum Gasteiger partial charge on any atom is 0.408 e. The van der Waals surface area contributed by atoms with E-state index in [0.29, 0.717) is 17.0 Å². The number of rotatable bonds is 10. The van der Waals surface area contributed by atoms with Crippen LogP contribution in [0.5, 0.6) is 0 Å². The van der Waals surface area contributed by atoms with Crippen LogP contribution in [0.25, 0.3) is 22.9 Å². The zero-order valence-electron chi connectivity index (χ0n) is 19.2. The van der Waals surface area contributed by atoms with Crippen molar-refractivity contribution in [3.05, 3.63) is 66.1 Å². The van der Waals surface area contributed by atoms with Crippen molar-refractivity contribution in [3.63, 3.8) is 0 Å². The number of nitrogens with one attached hydrogen (secondary N) is 2. The molecule has 37 heavy (non-hydrogen) atoms. The number of anilines is 1. The van der Waals surface area contributed by atoms with Gasteiger partial charge in [0.05, 0.1) is 29.4 Å². The highest BCUT2D eigenvalue weighted by molar-refractivity contribution is 7.82. The molecular weight excluding hydrogens is 521 g/mol. The van der Waals surface area contributed by atoms with Crippen LogP contribution in [0, 0.1) is 11.6 Å². The number of halogens is 5. The minimum absolute atomic E-state index is 0.0108. The third-order valence-electron chi connectivity index (χ3n) is 5.18. The van der Waals surface area contributed by atoms with Crippen LogP contribution in [0.2, 0.25) is 0 Å². The highest BCUT2D eigenvalue weighted by atomic mass is 32.2. The molecule has 4 aromatic rings. The van der Waals surface area contributed by atoms with Gasteiger partial charge in [-0.3, -0.25) is 4.68 Å². The summed E-state index contributed by atoms with van der Waals surface area (Å²) in [5.41, 5.74) is 1.15. The van der Waals surface area contributed by atoms with E-state index in [-0.39, 0.29) is 24.6 Å². The van der Waals surface area contributed by atoms with E-state index in [1.54, 1.807) is 24.3 Å². The van der Waals surface area contributed by atoms with Crippen molar-refractivity contribution >= 4 is 16.8 Å². The first-order valence-corrected chi connectivity index (χ1v) is 12.3. The lowest BCUT2D eigenvalue weighted by Crippen LogP contribution is -2.39. The number of hydrogen-bond donors (Lipinski definition) is 2. The summed E-state index contributed by atoms with van der Waals surface area (Å²) < 4.78 is 89.1. The predicted molar refractivity (Wildman–Crippen MR) is 124 cm³/mol. The van der Waals surface area contributed by atoms with Gasteiger partial charge in [-0.2, -0.15) is 18.3 Å². The molecule has 15 heteroatoms. The van der Waals surface area contributed by atoms with Crippen molar-refractivity contribution in [1.82, 2.24) is 29.6 Å². The highest BCUT2D eigenvalue weighted by Crippen LogP contribution is 2.29. The lowest BCUT2D eigenvalue weighted by atomic mass is 10.2. The fourth-order valence-corrected chi connectivity index (χ4v) is 3.81. The summed E-state index contributed by atoms with van der Waals surface area (Å²) in [4.78, 5) is 7.80. The molecule has 0 aliphatic carbocycles. The van der Waals surface area contributed by atoms with Gasteiger partial charge in [0, 0.05) is 24.4 Å². The van der Waals surface area contributed by atoms with Crippen LogP contribution in [-0.4, -0.2) is 54.1 Å². The Morgan fingerprint density at radius 1 is 1.14 bits per heavy atom. The van der Waals surface area contributed by atoms with Gasteiger partial charge in [-0.25, -0.2) is 27.7 Å². The van der Waals surface area contributed by atoms with Crippen molar-refractivity contribution < 1.29 is 30.7 Å². The van der Waals surface area contributed by atoms with Crippen molar-refractivity contribution in [2.45, 2.75) is 25.2 Å². The molecule has 3 heterocycles. The summed E-state index contributed by atoms with van der Waals surface area (Å²) in [6.07, 6.45) is -1.94. The minimum atomic E-state index is -4.74. The largest absolute Gasteiger partial charge is 0.408 e. The van der Waals surface area contributed by atoms with Crippen LogP contribution in [0.3, 0.4) is 0 Å². The van der Waals surface area contributed by atoms with E-state index in [9.17, 15) is 26.2 Å². The summed E-state index contributed by atoms with van der Waals surface area (Å²) in [5.74, 6) is -2.42. The second-order valence-corrected chi connectivity index (χ2v) is 9.01. The number of alkyl halides is 3. The standard InChI is InChI=1S/C22H20F5N7O2S/c1-37(35)29-8-6-19(22(25,26)27)30-20-15(24)11-28-21(31-20)17-10-18(16-7-9-36-33-16)34(32-17)12-13-4-2-3-5-14(13)23/h2-5,7,9-11,19,29H,6,8,12H2,1H3,(H,28,30,31). The summed E-state index contributed by atoms with van der Waals surface area (Å²) in [5, 5.41) is 10.3. The van der Waals surface area contributed by atoms with Crippen LogP contribution in [0.4, 0.5) is 27.8 Å². The van der Waals surface area contributed by atoms with Gasteiger partial charge >= 0.3 is 6.18 Å². The second kappa shape index (κ2) is 11.1. The zero-order valence-corrected chi connectivity index (χ0v) is 20.0. The van der Waals surface area contributed by atoms with Gasteiger partial charge in [0.1, 0.15) is 29.5 Å². The minimum Gasteiger partial charge on any atom is -0.364 e. The van der Waals surface area contributed by atoms with E-state index < -0.39 is 47.1 Å². The van der Waals surface area contributed by atoms with Crippen molar-refractivity contribution in [3.8, 4) is 22.9 Å². The van der Waals surface area contributed by atoms with Crippen LogP contribution >= 0.6 is 0 Å². The molecule has 0 aliphatic heterocycles. The van der Waals surface area contributed by atoms with Crippen molar-refractivity contribution in [1.29, 1.82) is 0 Å². The Morgan fingerprint density at radius 3 is 2.59 bits per heavy atom. The van der Waals surface area contributed by atoms with E-state index in [2.05, 4.69) is 30.3 Å². The first kappa shape index (κ1) is 26.3. The molecule has 2 unspecified atom stereocenters. The Labute approximate surface area is 209 Å². The number of aromatic nitrogens is 5. The molecule has 0 saturated carbocycles. The number of nitrogens with zero attached hydrogens (tertiary/aromatic N) is 5. The van der Waals surface area contributed by atoms with Crippen molar-refractivity contribution in [2.24, 2.45) is 0 Å². The topological polar surface area (TPSA) is 111 Å². The molecule has 3 aromatic heterocycles. The fourth-order valence-electron chi connectivity index (χ4n) is 3.41. The van der Waals surface area contributed by atoms with Crippen molar-refractivity contribution in [2.75, 3.05) is 18.1 Å². The molecule has 0 radical (unpaired) electrons. The Balaban J connectivity index is 1.66. The lowest BCUT2D eigenvalue weighted by molar-refractivity contribution is -0.143. The average Bonchev–Trinajstić information content (AvgIpc) is 3.50. The lowest BCUT2D eigenvalue weighted by Gasteiger charge is -2.22. The van der Waals surface area contributed by atoms with Gasteiger partial charge < -0.3 is 9.84 Å². The molecule has 0 saturated heterocycles. The van der Waals surface area contributed by atoms with Crippen LogP contribution in [-0.2, 0) is 17.5 Å². The van der Waals surface area contributed by atoms with E-state index in [1.807, 2.05) is 0 Å². The van der Waals surface area contributed by atoms with Gasteiger partial charge in [-0.1, -0.05) is 23.4 Å².